The first-order valence-corrected chi connectivity index (χ1v) is 7.72. The summed E-state index contributed by atoms with van der Waals surface area (Å²) in [5, 5.41) is 3.22. The topological polar surface area (TPSA) is 24.9 Å². The van der Waals surface area contributed by atoms with Crippen molar-refractivity contribution in [1.82, 2.24) is 4.98 Å². The van der Waals surface area contributed by atoms with E-state index in [1.165, 1.54) is 17.3 Å². The van der Waals surface area contributed by atoms with E-state index < -0.39 is 6.43 Å². The van der Waals surface area contributed by atoms with Crippen LogP contribution in [-0.4, -0.2) is 4.98 Å². The number of anilines is 1. The van der Waals surface area contributed by atoms with Gasteiger partial charge in [0.25, 0.3) is 6.43 Å². The van der Waals surface area contributed by atoms with Crippen LogP contribution in [-0.2, 0) is 11.8 Å². The lowest BCUT2D eigenvalue weighted by Crippen LogP contribution is -2.12. The first-order valence-electron chi connectivity index (χ1n) is 7.72. The van der Waals surface area contributed by atoms with Crippen molar-refractivity contribution in [3.8, 4) is 0 Å². The third-order valence-corrected chi connectivity index (χ3v) is 4.56. The van der Waals surface area contributed by atoms with Crippen LogP contribution in [0.4, 0.5) is 14.5 Å². The molecule has 3 rings (SSSR count). The number of rotatable bonds is 4. The van der Waals surface area contributed by atoms with Crippen LogP contribution < -0.4 is 5.32 Å². The molecule has 1 N–H and O–H groups in total. The van der Waals surface area contributed by atoms with Gasteiger partial charge < -0.3 is 5.32 Å². The minimum atomic E-state index is -2.62. The maximum Gasteiger partial charge on any atom is 0.281 e. The van der Waals surface area contributed by atoms with E-state index in [1.807, 2.05) is 12.1 Å². The monoisotopic (exact) mass is 314 g/mol. The molecule has 1 aromatic carbocycles. The van der Waals surface area contributed by atoms with E-state index in [9.17, 15) is 8.78 Å². The quantitative estimate of drug-likeness (QED) is 0.825. The molecule has 0 fully saturated rings. The number of fused-ring (bicyclic) bond motifs is 1. The number of benzene rings is 1. The van der Waals surface area contributed by atoms with Crippen LogP contribution in [0.2, 0.25) is 0 Å². The van der Waals surface area contributed by atoms with Crippen LogP contribution in [0.25, 0.3) is 5.70 Å². The SMILES string of the molecule is C=C(Nc1cccc2c1CCC2(C)C)c1cccnc1C(F)F. The van der Waals surface area contributed by atoms with Crippen LogP contribution in [0.1, 0.15) is 49.1 Å². The molecule has 120 valence electrons. The fourth-order valence-electron chi connectivity index (χ4n) is 3.26. The van der Waals surface area contributed by atoms with E-state index in [-0.39, 0.29) is 11.1 Å². The Labute approximate surface area is 135 Å². The Balaban J connectivity index is 1.93. The maximum absolute atomic E-state index is 13.1. The first kappa shape index (κ1) is 15.7. The highest BCUT2D eigenvalue weighted by Crippen LogP contribution is 2.42. The molecule has 0 radical (unpaired) electrons. The third kappa shape index (κ3) is 2.85. The summed E-state index contributed by atoms with van der Waals surface area (Å²) in [6.07, 6.45) is 0.821. The van der Waals surface area contributed by atoms with Crippen LogP contribution in [0.3, 0.4) is 0 Å². The van der Waals surface area contributed by atoms with E-state index in [2.05, 4.69) is 36.8 Å². The largest absolute Gasteiger partial charge is 0.355 e. The van der Waals surface area contributed by atoms with Crippen molar-refractivity contribution in [2.75, 3.05) is 5.32 Å². The van der Waals surface area contributed by atoms with Gasteiger partial charge in [0, 0.05) is 23.1 Å². The number of aromatic nitrogens is 1. The van der Waals surface area contributed by atoms with Gasteiger partial charge in [-0.25, -0.2) is 8.78 Å². The molecular formula is C19H20F2N2. The average Bonchev–Trinajstić information content (AvgIpc) is 2.84. The van der Waals surface area contributed by atoms with Crippen LogP contribution >= 0.6 is 0 Å². The molecule has 1 aromatic heterocycles. The van der Waals surface area contributed by atoms with Crippen LogP contribution in [0.5, 0.6) is 0 Å². The molecule has 1 aliphatic carbocycles. The second-order valence-electron chi connectivity index (χ2n) is 6.56. The molecule has 4 heteroatoms. The second-order valence-corrected chi connectivity index (χ2v) is 6.56. The predicted molar refractivity (Wildman–Crippen MR) is 89.6 cm³/mol. The Morgan fingerprint density at radius 1 is 1.26 bits per heavy atom. The molecule has 0 bridgehead atoms. The molecule has 0 spiro atoms. The molecule has 0 saturated carbocycles. The molecule has 0 unspecified atom stereocenters. The van der Waals surface area contributed by atoms with E-state index in [0.29, 0.717) is 11.3 Å². The molecule has 0 aliphatic heterocycles. The fourth-order valence-corrected chi connectivity index (χ4v) is 3.26. The van der Waals surface area contributed by atoms with Gasteiger partial charge in [0.1, 0.15) is 5.69 Å². The Bertz CT molecular complexity index is 751. The maximum atomic E-state index is 13.1. The van der Waals surface area contributed by atoms with Gasteiger partial charge >= 0.3 is 0 Å². The zero-order valence-electron chi connectivity index (χ0n) is 13.4. The van der Waals surface area contributed by atoms with Gasteiger partial charge in [0.15, 0.2) is 0 Å². The Morgan fingerprint density at radius 2 is 2.04 bits per heavy atom. The van der Waals surface area contributed by atoms with Gasteiger partial charge in [0.05, 0.1) is 0 Å². The smallest absolute Gasteiger partial charge is 0.281 e. The molecule has 0 amide bonds. The summed E-state index contributed by atoms with van der Waals surface area (Å²) in [5.74, 6) is 0. The van der Waals surface area contributed by atoms with Crippen molar-refractivity contribution in [3.05, 3.63) is 65.5 Å². The fraction of sp³-hybridized carbons (Fsp3) is 0.316. The van der Waals surface area contributed by atoms with Crippen molar-refractivity contribution in [2.45, 2.75) is 38.5 Å². The van der Waals surface area contributed by atoms with Crippen molar-refractivity contribution < 1.29 is 8.78 Å². The van der Waals surface area contributed by atoms with Crippen molar-refractivity contribution in [1.29, 1.82) is 0 Å². The minimum Gasteiger partial charge on any atom is -0.355 e. The molecule has 2 nitrogen and oxygen atoms in total. The molecule has 0 atom stereocenters. The molecular weight excluding hydrogens is 294 g/mol. The minimum absolute atomic E-state index is 0.150. The molecule has 2 aromatic rings. The summed E-state index contributed by atoms with van der Waals surface area (Å²) in [7, 11) is 0. The number of pyridine rings is 1. The number of halogens is 2. The first-order chi connectivity index (χ1) is 10.9. The summed E-state index contributed by atoms with van der Waals surface area (Å²) in [6, 6.07) is 9.39. The van der Waals surface area contributed by atoms with E-state index >= 15 is 0 Å². The number of alkyl halides is 2. The van der Waals surface area contributed by atoms with Gasteiger partial charge in [0.2, 0.25) is 0 Å². The predicted octanol–water partition coefficient (Wildman–Crippen LogP) is 5.33. The average molecular weight is 314 g/mol. The highest BCUT2D eigenvalue weighted by atomic mass is 19.3. The highest BCUT2D eigenvalue weighted by molar-refractivity contribution is 5.78. The van der Waals surface area contributed by atoms with Crippen molar-refractivity contribution in [2.24, 2.45) is 0 Å². The molecule has 1 aliphatic rings. The lowest BCUT2D eigenvalue weighted by molar-refractivity contribution is 0.145. The zero-order valence-corrected chi connectivity index (χ0v) is 13.4. The van der Waals surface area contributed by atoms with Gasteiger partial charge in [-0.05, 0) is 47.6 Å². The Morgan fingerprint density at radius 3 is 2.78 bits per heavy atom. The van der Waals surface area contributed by atoms with E-state index in [1.54, 1.807) is 12.1 Å². The molecule has 0 saturated heterocycles. The summed E-state index contributed by atoms with van der Waals surface area (Å²) < 4.78 is 26.2. The number of nitrogens with one attached hydrogen (secondary N) is 1. The molecule has 1 heterocycles. The third-order valence-electron chi connectivity index (χ3n) is 4.56. The summed E-state index contributed by atoms with van der Waals surface area (Å²) in [4.78, 5) is 3.79. The summed E-state index contributed by atoms with van der Waals surface area (Å²) in [5.41, 5.74) is 4.23. The van der Waals surface area contributed by atoms with Crippen molar-refractivity contribution >= 4 is 11.4 Å². The van der Waals surface area contributed by atoms with Gasteiger partial charge in [-0.2, -0.15) is 0 Å². The van der Waals surface area contributed by atoms with Gasteiger partial charge in [-0.1, -0.05) is 32.6 Å². The Kier molecular flexibility index (Phi) is 3.92. The highest BCUT2D eigenvalue weighted by Gasteiger charge is 2.31. The van der Waals surface area contributed by atoms with Gasteiger partial charge in [-0.15, -0.1) is 0 Å². The summed E-state index contributed by atoms with van der Waals surface area (Å²) in [6.45, 7) is 8.40. The zero-order chi connectivity index (χ0) is 16.6. The van der Waals surface area contributed by atoms with Crippen molar-refractivity contribution in [3.63, 3.8) is 0 Å². The number of nitrogens with zero attached hydrogens (tertiary/aromatic N) is 1. The Hall–Kier alpha value is -2.23. The second kappa shape index (κ2) is 5.76. The molecule has 23 heavy (non-hydrogen) atoms. The lowest BCUT2D eigenvalue weighted by Gasteiger charge is -2.20. The normalized spacial score (nSPS) is 15.5. The lowest BCUT2D eigenvalue weighted by atomic mass is 9.86. The van der Waals surface area contributed by atoms with Crippen LogP contribution in [0, 0.1) is 0 Å². The number of hydrogen-bond acceptors (Lipinski definition) is 2. The van der Waals surface area contributed by atoms with E-state index in [0.717, 1.165) is 18.5 Å². The standard InChI is InChI=1S/C19H20F2N2/c1-12(13-6-5-11-22-17(13)18(20)21)23-16-8-4-7-15-14(16)9-10-19(15,2)3/h4-8,11,18,23H,1,9-10H2,2-3H3. The summed E-state index contributed by atoms with van der Waals surface area (Å²) >= 11 is 0. The van der Waals surface area contributed by atoms with E-state index in [4.69, 9.17) is 0 Å². The van der Waals surface area contributed by atoms with Gasteiger partial charge in [-0.3, -0.25) is 4.98 Å². The van der Waals surface area contributed by atoms with Crippen LogP contribution in [0.15, 0.2) is 43.1 Å². The number of hydrogen-bond donors (Lipinski definition) is 1.